The molecule has 2 aliphatic heterocycles. The molecule has 5 nitrogen and oxygen atoms in total. The van der Waals surface area contributed by atoms with Crippen molar-refractivity contribution < 1.29 is 18.3 Å². The van der Waals surface area contributed by atoms with Crippen LogP contribution in [0.3, 0.4) is 0 Å². The monoisotopic (exact) mass is 395 g/mol. The summed E-state index contributed by atoms with van der Waals surface area (Å²) in [5.74, 6) is -0.568. The molecule has 0 aromatic heterocycles. The molecule has 1 N–H and O–H groups in total. The minimum absolute atomic E-state index is 0.0463. The summed E-state index contributed by atoms with van der Waals surface area (Å²) in [7, 11) is 1.63. The lowest BCUT2D eigenvalue weighted by molar-refractivity contribution is -0.127. The van der Waals surface area contributed by atoms with Crippen LogP contribution < -0.4 is 5.32 Å². The van der Waals surface area contributed by atoms with E-state index in [-0.39, 0.29) is 17.6 Å². The Morgan fingerprint density at radius 1 is 1.21 bits per heavy atom. The van der Waals surface area contributed by atoms with Crippen LogP contribution in [-0.4, -0.2) is 68.2 Å². The highest BCUT2D eigenvalue weighted by molar-refractivity contribution is 5.78. The van der Waals surface area contributed by atoms with Gasteiger partial charge in [-0.3, -0.25) is 14.6 Å². The van der Waals surface area contributed by atoms with Gasteiger partial charge in [-0.2, -0.15) is 0 Å². The Morgan fingerprint density at radius 2 is 2.00 bits per heavy atom. The van der Waals surface area contributed by atoms with Crippen molar-refractivity contribution in [2.75, 3.05) is 46.4 Å². The average Bonchev–Trinajstić information content (AvgIpc) is 2.71. The molecule has 0 spiro atoms. The molecule has 2 fully saturated rings. The molecular formula is C21H31F2N3O2. The van der Waals surface area contributed by atoms with Crippen molar-refractivity contribution in [1.82, 2.24) is 15.1 Å². The molecule has 1 aromatic rings. The van der Waals surface area contributed by atoms with E-state index in [1.807, 2.05) is 0 Å². The molecule has 2 aliphatic rings. The number of amides is 1. The van der Waals surface area contributed by atoms with E-state index in [4.69, 9.17) is 4.74 Å². The van der Waals surface area contributed by atoms with Gasteiger partial charge in [-0.15, -0.1) is 0 Å². The quantitative estimate of drug-likeness (QED) is 0.720. The minimum atomic E-state index is -0.394. The van der Waals surface area contributed by atoms with E-state index in [1.54, 1.807) is 7.11 Å². The van der Waals surface area contributed by atoms with Crippen LogP contribution in [0.15, 0.2) is 18.2 Å². The molecule has 0 aliphatic carbocycles. The molecule has 2 saturated heterocycles. The number of nitrogens with one attached hydrogen (secondary N) is 1. The number of methoxy groups -OCH3 is 1. The summed E-state index contributed by atoms with van der Waals surface area (Å²) >= 11 is 0. The van der Waals surface area contributed by atoms with Gasteiger partial charge in [0, 0.05) is 38.3 Å². The second-order valence-corrected chi connectivity index (χ2v) is 7.86. The molecule has 0 saturated carbocycles. The Balaban J connectivity index is 1.46. The number of rotatable bonds is 7. The normalized spacial score (nSPS) is 22.3. The number of hydrogen-bond acceptors (Lipinski definition) is 4. The van der Waals surface area contributed by atoms with Gasteiger partial charge < -0.3 is 10.1 Å². The Morgan fingerprint density at radius 3 is 2.75 bits per heavy atom. The first-order valence-corrected chi connectivity index (χ1v) is 10.2. The molecule has 1 atom stereocenters. The zero-order chi connectivity index (χ0) is 19.9. The van der Waals surface area contributed by atoms with Gasteiger partial charge in [0.25, 0.3) is 0 Å². The van der Waals surface area contributed by atoms with Gasteiger partial charge in [-0.1, -0.05) is 0 Å². The second-order valence-electron chi connectivity index (χ2n) is 7.86. The average molecular weight is 395 g/mol. The summed E-state index contributed by atoms with van der Waals surface area (Å²) in [5.41, 5.74) is 0.421. The number of benzene rings is 1. The van der Waals surface area contributed by atoms with Gasteiger partial charge in [0.1, 0.15) is 11.6 Å². The fraction of sp³-hybridized carbons (Fsp3) is 0.667. The number of hydrogen-bond donors (Lipinski definition) is 1. The molecule has 156 valence electrons. The fourth-order valence-electron chi connectivity index (χ4n) is 4.32. The third-order valence-electron chi connectivity index (χ3n) is 5.90. The second kappa shape index (κ2) is 10.3. The Bertz CT molecular complexity index is 651. The van der Waals surface area contributed by atoms with Crippen LogP contribution in [0.2, 0.25) is 0 Å². The van der Waals surface area contributed by atoms with E-state index in [0.29, 0.717) is 31.3 Å². The number of nitrogens with zero attached hydrogens (tertiary/aromatic N) is 2. The van der Waals surface area contributed by atoms with Crippen molar-refractivity contribution in [3.05, 3.63) is 35.4 Å². The van der Waals surface area contributed by atoms with E-state index < -0.39 is 5.82 Å². The highest BCUT2D eigenvalue weighted by Crippen LogP contribution is 2.25. The van der Waals surface area contributed by atoms with Crippen molar-refractivity contribution in [3.8, 4) is 0 Å². The first kappa shape index (κ1) is 21.1. The largest absolute Gasteiger partial charge is 0.383 e. The van der Waals surface area contributed by atoms with Crippen molar-refractivity contribution in [1.29, 1.82) is 0 Å². The molecule has 2 heterocycles. The fourth-order valence-corrected chi connectivity index (χ4v) is 4.32. The van der Waals surface area contributed by atoms with Crippen molar-refractivity contribution in [2.24, 2.45) is 5.92 Å². The third-order valence-corrected chi connectivity index (χ3v) is 5.90. The first-order chi connectivity index (χ1) is 13.6. The predicted molar refractivity (Wildman–Crippen MR) is 104 cm³/mol. The maximum Gasteiger partial charge on any atom is 0.224 e. The van der Waals surface area contributed by atoms with Crippen LogP contribution in [-0.2, 0) is 16.1 Å². The molecule has 0 radical (unpaired) electrons. The Kier molecular flexibility index (Phi) is 7.76. The van der Waals surface area contributed by atoms with Gasteiger partial charge in [0.2, 0.25) is 5.91 Å². The lowest BCUT2D eigenvalue weighted by atomic mass is 9.93. The maximum absolute atomic E-state index is 13.9. The Labute approximate surface area is 166 Å². The lowest BCUT2D eigenvalue weighted by Gasteiger charge is -2.42. The number of halogens is 2. The molecule has 3 rings (SSSR count). The summed E-state index contributed by atoms with van der Waals surface area (Å²) in [4.78, 5) is 17.0. The zero-order valence-corrected chi connectivity index (χ0v) is 16.6. The van der Waals surface area contributed by atoms with E-state index in [9.17, 15) is 13.6 Å². The zero-order valence-electron chi connectivity index (χ0n) is 16.6. The van der Waals surface area contributed by atoms with Crippen LogP contribution in [0, 0.1) is 17.6 Å². The number of carbonyl (C=O) groups is 1. The van der Waals surface area contributed by atoms with Crippen molar-refractivity contribution >= 4 is 5.91 Å². The predicted octanol–water partition coefficient (Wildman–Crippen LogP) is 2.40. The lowest BCUT2D eigenvalue weighted by Crippen LogP contribution is -2.50. The first-order valence-electron chi connectivity index (χ1n) is 10.2. The van der Waals surface area contributed by atoms with Gasteiger partial charge in [-0.25, -0.2) is 8.78 Å². The van der Waals surface area contributed by atoms with E-state index in [0.717, 1.165) is 57.9 Å². The minimum Gasteiger partial charge on any atom is -0.383 e. The van der Waals surface area contributed by atoms with E-state index in [1.165, 1.54) is 12.1 Å². The SMILES string of the molecule is COCCNC(=O)[C@H]1CCCN(C2CCN(Cc3cc(F)ccc3F)CC2)C1. The van der Waals surface area contributed by atoms with Gasteiger partial charge in [0.05, 0.1) is 12.5 Å². The molecule has 1 aromatic carbocycles. The van der Waals surface area contributed by atoms with Gasteiger partial charge in [0.15, 0.2) is 0 Å². The number of piperidine rings is 2. The maximum atomic E-state index is 13.9. The molecule has 0 bridgehead atoms. The smallest absolute Gasteiger partial charge is 0.224 e. The highest BCUT2D eigenvalue weighted by atomic mass is 19.1. The molecule has 1 amide bonds. The summed E-state index contributed by atoms with van der Waals surface area (Å²) in [6.45, 7) is 5.10. The van der Waals surface area contributed by atoms with Crippen molar-refractivity contribution in [3.63, 3.8) is 0 Å². The number of carbonyl (C=O) groups excluding carboxylic acids is 1. The summed E-state index contributed by atoms with van der Waals surface area (Å²) < 4.78 is 32.2. The van der Waals surface area contributed by atoms with Crippen molar-refractivity contribution in [2.45, 2.75) is 38.3 Å². The van der Waals surface area contributed by atoms with E-state index >= 15 is 0 Å². The Hall–Kier alpha value is -1.57. The molecule has 7 heteroatoms. The summed E-state index contributed by atoms with van der Waals surface area (Å²) in [6.07, 6.45) is 3.97. The van der Waals surface area contributed by atoms with Gasteiger partial charge >= 0.3 is 0 Å². The molecule has 28 heavy (non-hydrogen) atoms. The van der Waals surface area contributed by atoms with E-state index in [2.05, 4.69) is 15.1 Å². The molecule has 0 unspecified atom stereocenters. The molecular weight excluding hydrogens is 364 g/mol. The number of ether oxygens (including phenoxy) is 1. The van der Waals surface area contributed by atoms with Crippen LogP contribution in [0.25, 0.3) is 0 Å². The summed E-state index contributed by atoms with van der Waals surface area (Å²) in [6, 6.07) is 4.11. The standard InChI is InChI=1S/C21H31F2N3O2/c1-28-12-8-24-21(27)16-3-2-9-26(15-16)19-6-10-25(11-7-19)14-17-13-18(22)4-5-20(17)23/h4-5,13,16,19H,2-3,6-12,14-15H2,1H3,(H,24,27)/t16-/m0/s1. The highest BCUT2D eigenvalue weighted by Gasteiger charge is 2.31. The third kappa shape index (κ3) is 5.72. The van der Waals surface area contributed by atoms with Crippen LogP contribution in [0.4, 0.5) is 8.78 Å². The van der Waals surface area contributed by atoms with Crippen LogP contribution in [0.5, 0.6) is 0 Å². The van der Waals surface area contributed by atoms with Crippen LogP contribution in [0.1, 0.15) is 31.2 Å². The van der Waals surface area contributed by atoms with Crippen LogP contribution >= 0.6 is 0 Å². The van der Waals surface area contributed by atoms with Gasteiger partial charge in [-0.05, 0) is 63.5 Å². The summed E-state index contributed by atoms with van der Waals surface area (Å²) in [5, 5.41) is 2.96. The topological polar surface area (TPSA) is 44.8 Å². The number of likely N-dealkylation sites (tertiary alicyclic amines) is 2.